The highest BCUT2D eigenvalue weighted by Crippen LogP contribution is 2.35. The van der Waals surface area contributed by atoms with E-state index in [-0.39, 0.29) is 11.4 Å². The van der Waals surface area contributed by atoms with Crippen LogP contribution in [-0.2, 0) is 0 Å². The summed E-state index contributed by atoms with van der Waals surface area (Å²) >= 11 is 0. The number of hydrogen-bond acceptors (Lipinski definition) is 3. The van der Waals surface area contributed by atoms with Crippen LogP contribution in [0.25, 0.3) is 32.5 Å². The third-order valence-corrected chi connectivity index (χ3v) is 4.38. The largest absolute Gasteiger partial charge is 0.422 e. The van der Waals surface area contributed by atoms with Crippen molar-refractivity contribution in [1.82, 2.24) is 0 Å². The van der Waals surface area contributed by atoms with E-state index >= 15 is 0 Å². The molecule has 0 atom stereocenters. The molecule has 1 aromatic heterocycles. The predicted molar refractivity (Wildman–Crippen MR) is 92.2 cm³/mol. The van der Waals surface area contributed by atoms with Gasteiger partial charge in [0.1, 0.15) is 5.58 Å². The van der Waals surface area contributed by atoms with Crippen LogP contribution in [0, 0.1) is 6.92 Å². The summed E-state index contributed by atoms with van der Waals surface area (Å²) in [6.45, 7) is 3.49. The molecule has 3 heteroatoms. The Labute approximate surface area is 132 Å². The maximum atomic E-state index is 12.3. The Hall–Kier alpha value is -2.94. The number of benzene rings is 3. The first-order chi connectivity index (χ1) is 11.1. The smallest absolute Gasteiger partial charge is 0.344 e. The first kappa shape index (κ1) is 13.7. The minimum absolute atomic E-state index is 0.0101. The molecule has 0 fully saturated rings. The summed E-state index contributed by atoms with van der Waals surface area (Å²) in [4.78, 5) is 24.6. The maximum Gasteiger partial charge on any atom is 0.344 e. The van der Waals surface area contributed by atoms with Crippen molar-refractivity contribution in [3.05, 3.63) is 70.1 Å². The Bertz CT molecular complexity index is 1170. The molecule has 0 saturated heterocycles. The molecule has 3 nitrogen and oxygen atoms in total. The first-order valence-corrected chi connectivity index (χ1v) is 7.47. The van der Waals surface area contributed by atoms with Crippen molar-refractivity contribution < 1.29 is 9.21 Å². The Morgan fingerprint density at radius 3 is 2.09 bits per heavy atom. The van der Waals surface area contributed by atoms with Gasteiger partial charge >= 0.3 is 5.63 Å². The third-order valence-electron chi connectivity index (χ3n) is 4.38. The van der Waals surface area contributed by atoms with Gasteiger partial charge in [-0.2, -0.15) is 0 Å². The van der Waals surface area contributed by atoms with Crippen molar-refractivity contribution >= 4 is 38.3 Å². The summed E-state index contributed by atoms with van der Waals surface area (Å²) in [5, 5.41) is 3.81. The molecule has 0 aliphatic carbocycles. The Morgan fingerprint density at radius 2 is 1.43 bits per heavy atom. The van der Waals surface area contributed by atoms with E-state index in [0.717, 1.165) is 27.1 Å². The predicted octanol–water partition coefficient (Wildman–Crippen LogP) is 4.61. The lowest BCUT2D eigenvalue weighted by molar-refractivity contribution is 0.101. The third kappa shape index (κ3) is 1.83. The summed E-state index contributed by atoms with van der Waals surface area (Å²) in [6.07, 6.45) is 0. The van der Waals surface area contributed by atoms with Gasteiger partial charge in [-0.1, -0.05) is 42.5 Å². The zero-order chi connectivity index (χ0) is 16.1. The molecule has 23 heavy (non-hydrogen) atoms. The van der Waals surface area contributed by atoms with E-state index < -0.39 is 0 Å². The Morgan fingerprint density at radius 1 is 0.870 bits per heavy atom. The Balaban J connectivity index is 2.44. The molecule has 4 aromatic rings. The molecule has 0 unspecified atom stereocenters. The fraction of sp³-hybridized carbons (Fsp3) is 0.100. The molecule has 0 N–H and O–H groups in total. The van der Waals surface area contributed by atoms with Crippen LogP contribution in [-0.4, -0.2) is 5.78 Å². The number of aryl methyl sites for hydroxylation is 1. The molecule has 0 aliphatic rings. The SMILES string of the molecule is CC(=O)c1c(C)c2c3ccccc3c(=O)oc2c2ccccc12. The molecule has 112 valence electrons. The van der Waals surface area contributed by atoms with Gasteiger partial charge in [0.05, 0.1) is 5.39 Å². The molecule has 1 heterocycles. The van der Waals surface area contributed by atoms with Crippen molar-refractivity contribution in [2.24, 2.45) is 0 Å². The summed E-state index contributed by atoms with van der Waals surface area (Å²) in [5.74, 6) is 0.0101. The minimum atomic E-state index is -0.353. The van der Waals surface area contributed by atoms with Gasteiger partial charge in [-0.05, 0) is 30.9 Å². The molecule has 3 aromatic carbocycles. The van der Waals surface area contributed by atoms with E-state index in [1.54, 1.807) is 13.0 Å². The van der Waals surface area contributed by atoms with Gasteiger partial charge in [0, 0.05) is 21.7 Å². The van der Waals surface area contributed by atoms with Gasteiger partial charge in [-0.3, -0.25) is 4.79 Å². The summed E-state index contributed by atoms with van der Waals surface area (Å²) in [7, 11) is 0. The second-order valence-corrected chi connectivity index (χ2v) is 5.74. The highest BCUT2D eigenvalue weighted by Gasteiger charge is 2.18. The highest BCUT2D eigenvalue weighted by atomic mass is 16.4. The molecular weight excluding hydrogens is 288 g/mol. The number of carbonyl (C=O) groups is 1. The average molecular weight is 302 g/mol. The average Bonchev–Trinajstić information content (AvgIpc) is 2.55. The van der Waals surface area contributed by atoms with Gasteiger partial charge in [0.2, 0.25) is 0 Å². The Kier molecular flexibility index (Phi) is 2.85. The number of carbonyl (C=O) groups excluding carboxylic acids is 1. The maximum absolute atomic E-state index is 12.3. The van der Waals surface area contributed by atoms with E-state index in [4.69, 9.17) is 4.42 Å². The lowest BCUT2D eigenvalue weighted by atomic mass is 9.91. The van der Waals surface area contributed by atoms with Crippen LogP contribution in [0.3, 0.4) is 0 Å². The molecule has 0 saturated carbocycles. The number of fused-ring (bicyclic) bond motifs is 5. The van der Waals surface area contributed by atoms with Crippen molar-refractivity contribution in [3.63, 3.8) is 0 Å². The van der Waals surface area contributed by atoms with Gasteiger partial charge in [-0.25, -0.2) is 4.79 Å². The highest BCUT2D eigenvalue weighted by molar-refractivity contribution is 6.22. The second kappa shape index (κ2) is 4.78. The van der Waals surface area contributed by atoms with E-state index in [9.17, 15) is 9.59 Å². The fourth-order valence-electron chi connectivity index (χ4n) is 3.44. The fourth-order valence-corrected chi connectivity index (χ4v) is 3.44. The molecule has 0 bridgehead atoms. The van der Waals surface area contributed by atoms with E-state index in [1.807, 2.05) is 49.4 Å². The molecule has 0 radical (unpaired) electrons. The van der Waals surface area contributed by atoms with Crippen LogP contribution in [0.2, 0.25) is 0 Å². The van der Waals surface area contributed by atoms with Crippen molar-refractivity contribution in [2.45, 2.75) is 13.8 Å². The van der Waals surface area contributed by atoms with E-state index in [1.165, 1.54) is 0 Å². The topological polar surface area (TPSA) is 47.3 Å². The number of Topliss-reactive ketones (excluding diaryl/α,β-unsaturated/α-hetero) is 1. The molecule has 4 rings (SSSR count). The standard InChI is InChI=1S/C20H14O3/c1-11-17(12(2)21)13-7-3-5-9-15(13)19-18(11)14-8-4-6-10-16(14)20(22)23-19/h3-10H,1-2H3. The number of rotatable bonds is 1. The van der Waals surface area contributed by atoms with Gasteiger partial charge in [0.15, 0.2) is 5.78 Å². The number of ketones is 1. The zero-order valence-corrected chi connectivity index (χ0v) is 12.8. The van der Waals surface area contributed by atoms with Gasteiger partial charge < -0.3 is 4.42 Å². The molecule has 0 amide bonds. The number of hydrogen-bond donors (Lipinski definition) is 0. The second-order valence-electron chi connectivity index (χ2n) is 5.74. The van der Waals surface area contributed by atoms with Gasteiger partial charge in [-0.15, -0.1) is 0 Å². The van der Waals surface area contributed by atoms with Crippen molar-refractivity contribution in [2.75, 3.05) is 0 Å². The summed E-state index contributed by atoms with van der Waals surface area (Å²) < 4.78 is 5.64. The van der Waals surface area contributed by atoms with Crippen molar-refractivity contribution in [3.8, 4) is 0 Å². The van der Waals surface area contributed by atoms with Crippen molar-refractivity contribution in [1.29, 1.82) is 0 Å². The van der Waals surface area contributed by atoms with Crippen LogP contribution in [0.15, 0.2) is 57.7 Å². The summed E-state index contributed by atoms with van der Waals surface area (Å²) in [6, 6.07) is 14.9. The minimum Gasteiger partial charge on any atom is -0.422 e. The van der Waals surface area contributed by atoms with Crippen LogP contribution >= 0.6 is 0 Å². The monoisotopic (exact) mass is 302 g/mol. The molecular formula is C20H14O3. The molecule has 0 spiro atoms. The lowest BCUT2D eigenvalue weighted by Crippen LogP contribution is -2.04. The molecule has 0 aliphatic heterocycles. The van der Waals surface area contributed by atoms with E-state index in [0.29, 0.717) is 16.5 Å². The lowest BCUT2D eigenvalue weighted by Gasteiger charge is -2.13. The van der Waals surface area contributed by atoms with Crippen LogP contribution in [0.1, 0.15) is 22.8 Å². The quantitative estimate of drug-likeness (QED) is 0.293. The van der Waals surface area contributed by atoms with Crippen LogP contribution in [0.4, 0.5) is 0 Å². The van der Waals surface area contributed by atoms with Crippen LogP contribution in [0.5, 0.6) is 0 Å². The van der Waals surface area contributed by atoms with Gasteiger partial charge in [0.25, 0.3) is 0 Å². The zero-order valence-electron chi connectivity index (χ0n) is 12.8. The van der Waals surface area contributed by atoms with E-state index in [2.05, 4.69) is 0 Å². The normalized spacial score (nSPS) is 11.4. The first-order valence-electron chi connectivity index (χ1n) is 7.47. The van der Waals surface area contributed by atoms with Crippen LogP contribution < -0.4 is 5.63 Å². The summed E-state index contributed by atoms with van der Waals surface area (Å²) in [5.41, 5.74) is 1.73.